The summed E-state index contributed by atoms with van der Waals surface area (Å²) in [5, 5.41) is -1.12. The average molecular weight is 575 g/mol. The third-order valence-corrected chi connectivity index (χ3v) is 8.77. The van der Waals surface area contributed by atoms with Crippen LogP contribution < -0.4 is 0 Å². The molecule has 9 nitrogen and oxygen atoms in total. The summed E-state index contributed by atoms with van der Waals surface area (Å²) in [7, 11) is -2.40. The van der Waals surface area contributed by atoms with Gasteiger partial charge in [-0.15, -0.1) is 0 Å². The highest BCUT2D eigenvalue weighted by Gasteiger charge is 2.57. The van der Waals surface area contributed by atoms with E-state index in [0.717, 1.165) is 12.0 Å². The number of amides is 1. The molecule has 1 aromatic rings. The van der Waals surface area contributed by atoms with Gasteiger partial charge in [0.05, 0.1) is 12.0 Å². The van der Waals surface area contributed by atoms with Gasteiger partial charge in [-0.25, -0.2) is 18.0 Å². The number of ether oxygens (including phenoxy) is 3. The molecule has 0 aliphatic carbocycles. The highest BCUT2D eigenvalue weighted by atomic mass is 35.6. The molecule has 1 heterocycles. The number of hydrogen-bond acceptors (Lipinski definition) is 9. The summed E-state index contributed by atoms with van der Waals surface area (Å²) in [5.41, 5.74) is 0.261. The molecule has 1 amide bonds. The van der Waals surface area contributed by atoms with Crippen LogP contribution in [-0.2, 0) is 32.7 Å². The minimum absolute atomic E-state index is 0.00125. The van der Waals surface area contributed by atoms with Crippen molar-refractivity contribution < 1.29 is 37.0 Å². The number of carbonyl (C=O) groups is 3. The summed E-state index contributed by atoms with van der Waals surface area (Å²) in [6.07, 6.45) is -2.36. The van der Waals surface area contributed by atoms with Crippen molar-refractivity contribution in [2.45, 2.75) is 40.1 Å². The molecule has 1 fully saturated rings. The Balaban J connectivity index is 2.33. The lowest BCUT2D eigenvalue weighted by Gasteiger charge is -2.50. The zero-order chi connectivity index (χ0) is 25.8. The molecular formula is C20H22Cl3NO8S2. The van der Waals surface area contributed by atoms with E-state index in [1.807, 2.05) is 0 Å². The number of halogens is 3. The molecule has 2 rings (SSSR count). The average Bonchev–Trinajstić information content (AvgIpc) is 2.74. The molecule has 4 atom stereocenters. The Morgan fingerprint density at radius 3 is 2.32 bits per heavy atom. The van der Waals surface area contributed by atoms with Gasteiger partial charge in [-0.3, -0.25) is 4.79 Å². The Bertz CT molecular complexity index is 1050. The normalized spacial score (nSPS) is 20.1. The van der Waals surface area contributed by atoms with E-state index in [1.54, 1.807) is 18.2 Å². The fourth-order valence-electron chi connectivity index (χ4n) is 3.16. The third kappa shape index (κ3) is 6.94. The molecule has 1 saturated heterocycles. The zero-order valence-corrected chi connectivity index (χ0v) is 22.2. The van der Waals surface area contributed by atoms with Crippen molar-refractivity contribution in [1.29, 1.82) is 0 Å². The Labute approximate surface area is 215 Å². The molecule has 188 valence electrons. The first kappa shape index (κ1) is 28.6. The van der Waals surface area contributed by atoms with Crippen molar-refractivity contribution in [3.63, 3.8) is 0 Å². The number of likely N-dealkylation sites (tertiary alicyclic amines) is 1. The van der Waals surface area contributed by atoms with Crippen molar-refractivity contribution in [1.82, 2.24) is 4.90 Å². The fourth-order valence-corrected chi connectivity index (χ4v) is 7.04. The molecule has 1 aromatic carbocycles. The van der Waals surface area contributed by atoms with Crippen molar-refractivity contribution >= 4 is 72.5 Å². The van der Waals surface area contributed by atoms with Gasteiger partial charge in [0.25, 0.3) is 0 Å². The van der Waals surface area contributed by atoms with Crippen LogP contribution in [0.2, 0.25) is 0 Å². The summed E-state index contributed by atoms with van der Waals surface area (Å²) in [6, 6.07) is 6.30. The minimum atomic E-state index is -3.98. The highest BCUT2D eigenvalue weighted by molar-refractivity contribution is 8.72. The SMILES string of the molecule is C=C(C)C(C(=O)OC)N1C(=O)[C@H]([C@@H](C)OC(=O)OCC(Cl)(Cl)Cl)[C@H]1SS(=O)(=O)c1ccccc1. The van der Waals surface area contributed by atoms with E-state index in [4.69, 9.17) is 49.0 Å². The number of β-lactam (4-membered cyclic amide) rings is 1. The summed E-state index contributed by atoms with van der Waals surface area (Å²) >= 11 is 16.6. The molecule has 1 aliphatic heterocycles. The summed E-state index contributed by atoms with van der Waals surface area (Å²) in [4.78, 5) is 38.5. The Morgan fingerprint density at radius 1 is 1.24 bits per heavy atom. The second-order valence-electron chi connectivity index (χ2n) is 7.27. The number of rotatable bonds is 9. The van der Waals surface area contributed by atoms with Gasteiger partial charge >= 0.3 is 12.1 Å². The van der Waals surface area contributed by atoms with E-state index in [-0.39, 0.29) is 10.5 Å². The molecule has 1 unspecified atom stereocenters. The molecule has 0 N–H and O–H groups in total. The van der Waals surface area contributed by atoms with Crippen LogP contribution in [0.1, 0.15) is 13.8 Å². The Kier molecular flexibility index (Phi) is 9.57. The van der Waals surface area contributed by atoms with Crippen molar-refractivity contribution in [2.24, 2.45) is 5.92 Å². The number of hydrogen-bond donors (Lipinski definition) is 0. The van der Waals surface area contributed by atoms with Crippen LogP contribution in [0.15, 0.2) is 47.4 Å². The number of benzene rings is 1. The molecule has 0 radical (unpaired) electrons. The van der Waals surface area contributed by atoms with Gasteiger partial charge in [-0.2, -0.15) is 0 Å². The number of esters is 1. The van der Waals surface area contributed by atoms with Crippen LogP contribution in [0.3, 0.4) is 0 Å². The Hall–Kier alpha value is -1.66. The first-order valence-electron chi connectivity index (χ1n) is 9.63. The molecule has 0 aromatic heterocycles. The van der Waals surface area contributed by atoms with E-state index in [1.165, 1.54) is 26.0 Å². The van der Waals surface area contributed by atoms with Crippen LogP contribution in [0.5, 0.6) is 0 Å². The maximum Gasteiger partial charge on any atom is 0.508 e. The maximum atomic E-state index is 13.1. The first-order chi connectivity index (χ1) is 15.7. The number of methoxy groups -OCH3 is 1. The molecule has 1 aliphatic rings. The smallest absolute Gasteiger partial charge is 0.467 e. The summed E-state index contributed by atoms with van der Waals surface area (Å²) < 4.78 is 38.8. The topological polar surface area (TPSA) is 116 Å². The van der Waals surface area contributed by atoms with Gasteiger partial charge in [-0.1, -0.05) is 59.6 Å². The van der Waals surface area contributed by atoms with Gasteiger partial charge in [0.1, 0.15) is 24.0 Å². The van der Waals surface area contributed by atoms with Gasteiger partial charge < -0.3 is 19.1 Å². The quantitative estimate of drug-likeness (QED) is 0.142. The van der Waals surface area contributed by atoms with Crippen molar-refractivity contribution in [3.8, 4) is 0 Å². The van der Waals surface area contributed by atoms with Crippen LogP contribution in [0.25, 0.3) is 0 Å². The van der Waals surface area contributed by atoms with E-state index in [0.29, 0.717) is 10.8 Å². The predicted octanol–water partition coefficient (Wildman–Crippen LogP) is 3.92. The standard InChI is InChI=1S/C20H22Cl3NO8S2/c1-11(2)15(18(26)30-4)24-16(25)14(12(3)32-19(27)31-10-20(21,22)23)17(24)33-34(28,29)13-8-6-5-7-9-13/h5-9,12,14-15,17H,1,10H2,2-4H3/t12-,14+,15?,17-/m1/s1. The zero-order valence-electron chi connectivity index (χ0n) is 18.3. The largest absolute Gasteiger partial charge is 0.508 e. The van der Waals surface area contributed by atoms with E-state index in [2.05, 4.69) is 6.58 Å². The molecule has 0 bridgehead atoms. The molecule has 14 heteroatoms. The number of alkyl halides is 3. The van der Waals surface area contributed by atoms with Crippen LogP contribution in [0, 0.1) is 5.92 Å². The highest BCUT2D eigenvalue weighted by Crippen LogP contribution is 2.45. The van der Waals surface area contributed by atoms with E-state index >= 15 is 0 Å². The van der Waals surface area contributed by atoms with E-state index in [9.17, 15) is 22.8 Å². The maximum absolute atomic E-state index is 13.1. The monoisotopic (exact) mass is 573 g/mol. The number of nitrogens with zero attached hydrogens (tertiary/aromatic N) is 1. The lowest BCUT2D eigenvalue weighted by Crippen LogP contribution is -2.68. The van der Waals surface area contributed by atoms with Crippen LogP contribution >= 0.6 is 45.6 Å². The van der Waals surface area contributed by atoms with Gasteiger partial charge in [-0.05, 0) is 42.3 Å². The lowest BCUT2D eigenvalue weighted by atomic mass is 9.89. The fraction of sp³-hybridized carbons (Fsp3) is 0.450. The molecule has 34 heavy (non-hydrogen) atoms. The van der Waals surface area contributed by atoms with Crippen molar-refractivity contribution in [3.05, 3.63) is 42.5 Å². The molecular weight excluding hydrogens is 553 g/mol. The van der Waals surface area contributed by atoms with Crippen LogP contribution in [-0.4, -0.2) is 66.4 Å². The molecule has 0 spiro atoms. The summed E-state index contributed by atoms with van der Waals surface area (Å²) in [5.74, 6) is -2.56. The second-order valence-corrected chi connectivity index (χ2v) is 13.7. The van der Waals surface area contributed by atoms with Crippen molar-refractivity contribution in [2.75, 3.05) is 13.7 Å². The minimum Gasteiger partial charge on any atom is -0.467 e. The second kappa shape index (κ2) is 11.4. The molecule has 0 saturated carbocycles. The predicted molar refractivity (Wildman–Crippen MR) is 128 cm³/mol. The first-order valence-corrected chi connectivity index (χ1v) is 13.6. The number of carbonyl (C=O) groups excluding carboxylic acids is 3. The van der Waals surface area contributed by atoms with E-state index < -0.39 is 60.7 Å². The van der Waals surface area contributed by atoms with Gasteiger partial charge in [0.15, 0.2) is 6.04 Å². The van der Waals surface area contributed by atoms with Gasteiger partial charge in [0, 0.05) is 0 Å². The van der Waals surface area contributed by atoms with Crippen LogP contribution in [0.4, 0.5) is 4.79 Å². The lowest BCUT2D eigenvalue weighted by molar-refractivity contribution is -0.169. The summed E-state index contributed by atoms with van der Waals surface area (Å²) in [6.45, 7) is 6.00. The third-order valence-electron chi connectivity index (χ3n) is 4.69. The Morgan fingerprint density at radius 2 is 1.82 bits per heavy atom. The van der Waals surface area contributed by atoms with Gasteiger partial charge in [0.2, 0.25) is 18.6 Å².